The third kappa shape index (κ3) is 4.04. The molecular weight excluding hydrogens is 341 g/mol. The van der Waals surface area contributed by atoms with Gasteiger partial charge < -0.3 is 0 Å². The Bertz CT molecular complexity index is 796. The molecule has 0 atom stereocenters. The predicted octanol–water partition coefficient (Wildman–Crippen LogP) is 2.52. The molecule has 1 amide bonds. The van der Waals surface area contributed by atoms with Crippen molar-refractivity contribution < 1.29 is 26.4 Å². The van der Waals surface area contributed by atoms with Crippen LogP contribution in [0.5, 0.6) is 0 Å². The molecule has 0 aliphatic rings. The lowest BCUT2D eigenvalue weighted by molar-refractivity contribution is -0.137. The molecule has 118 valence electrons. The third-order valence-corrected chi connectivity index (χ3v) is 4.07. The standard InChI is InChI=1S/C12H9F3N2O3S2/c1-22(19,20)17-10(18)9-6-16-11(21-9)7-2-4-8(5-3-7)12(13,14)15/h2-6H,1H3,(H,17,18). The molecule has 0 saturated heterocycles. The highest BCUT2D eigenvalue weighted by atomic mass is 32.2. The van der Waals surface area contributed by atoms with Crippen molar-refractivity contribution in [2.45, 2.75) is 6.18 Å². The maximum atomic E-state index is 12.5. The molecule has 1 heterocycles. The monoisotopic (exact) mass is 350 g/mol. The van der Waals surface area contributed by atoms with Gasteiger partial charge in [0, 0.05) is 5.56 Å². The zero-order chi connectivity index (χ0) is 16.5. The van der Waals surface area contributed by atoms with Gasteiger partial charge in [-0.25, -0.2) is 18.1 Å². The van der Waals surface area contributed by atoms with E-state index in [1.165, 1.54) is 12.1 Å². The van der Waals surface area contributed by atoms with Gasteiger partial charge in [0.05, 0.1) is 18.0 Å². The molecular formula is C12H9F3N2O3S2. The first-order valence-electron chi connectivity index (χ1n) is 5.72. The van der Waals surface area contributed by atoms with E-state index in [2.05, 4.69) is 4.98 Å². The minimum atomic E-state index is -4.43. The predicted molar refractivity (Wildman–Crippen MR) is 74.9 cm³/mol. The summed E-state index contributed by atoms with van der Waals surface area (Å²) >= 11 is 0.879. The molecule has 1 N–H and O–H groups in total. The maximum Gasteiger partial charge on any atom is 0.416 e. The number of sulfonamides is 1. The molecule has 0 saturated carbocycles. The number of hydrogen-bond donors (Lipinski definition) is 1. The number of amides is 1. The third-order valence-electron chi connectivity index (χ3n) is 2.47. The van der Waals surface area contributed by atoms with E-state index in [0.29, 0.717) is 10.6 Å². The number of rotatable bonds is 3. The first kappa shape index (κ1) is 16.4. The lowest BCUT2D eigenvalue weighted by atomic mass is 10.1. The van der Waals surface area contributed by atoms with Crippen LogP contribution in [0.3, 0.4) is 0 Å². The van der Waals surface area contributed by atoms with Crippen molar-refractivity contribution in [3.05, 3.63) is 40.9 Å². The summed E-state index contributed by atoms with van der Waals surface area (Å²) in [6.45, 7) is 0. The summed E-state index contributed by atoms with van der Waals surface area (Å²) in [7, 11) is -3.69. The molecule has 0 fully saturated rings. The number of alkyl halides is 3. The highest BCUT2D eigenvalue weighted by molar-refractivity contribution is 7.89. The van der Waals surface area contributed by atoms with Crippen LogP contribution in [0.25, 0.3) is 10.6 Å². The van der Waals surface area contributed by atoms with E-state index < -0.39 is 27.7 Å². The number of nitrogens with zero attached hydrogens (tertiary/aromatic N) is 1. The number of hydrogen-bond acceptors (Lipinski definition) is 5. The quantitative estimate of drug-likeness (QED) is 0.923. The second-order valence-electron chi connectivity index (χ2n) is 4.31. The average Bonchev–Trinajstić information content (AvgIpc) is 2.85. The summed E-state index contributed by atoms with van der Waals surface area (Å²) in [6, 6.07) is 4.29. The van der Waals surface area contributed by atoms with Gasteiger partial charge in [0.25, 0.3) is 5.91 Å². The lowest BCUT2D eigenvalue weighted by Gasteiger charge is -2.06. The number of halogens is 3. The number of benzene rings is 1. The second-order valence-corrected chi connectivity index (χ2v) is 7.09. The van der Waals surface area contributed by atoms with Gasteiger partial charge in [-0.3, -0.25) is 4.79 Å². The molecule has 0 unspecified atom stereocenters. The second kappa shape index (κ2) is 5.69. The molecule has 0 spiro atoms. The van der Waals surface area contributed by atoms with E-state index in [1.807, 2.05) is 0 Å². The van der Waals surface area contributed by atoms with Gasteiger partial charge in [-0.05, 0) is 12.1 Å². The first-order chi connectivity index (χ1) is 10.1. The van der Waals surface area contributed by atoms with Crippen LogP contribution < -0.4 is 4.72 Å². The van der Waals surface area contributed by atoms with Gasteiger partial charge in [-0.1, -0.05) is 12.1 Å². The van der Waals surface area contributed by atoms with Crippen molar-refractivity contribution in [1.29, 1.82) is 0 Å². The topological polar surface area (TPSA) is 76.1 Å². The van der Waals surface area contributed by atoms with Crippen molar-refractivity contribution >= 4 is 27.3 Å². The number of thiazole rings is 1. The van der Waals surface area contributed by atoms with Gasteiger partial charge >= 0.3 is 6.18 Å². The zero-order valence-electron chi connectivity index (χ0n) is 11.0. The number of nitrogens with one attached hydrogen (secondary N) is 1. The number of carbonyl (C=O) groups is 1. The van der Waals surface area contributed by atoms with Crippen molar-refractivity contribution in [3.8, 4) is 10.6 Å². The largest absolute Gasteiger partial charge is 0.416 e. The van der Waals surface area contributed by atoms with Crippen LogP contribution in [0.15, 0.2) is 30.5 Å². The van der Waals surface area contributed by atoms with Crippen molar-refractivity contribution in [1.82, 2.24) is 9.71 Å². The van der Waals surface area contributed by atoms with E-state index in [0.717, 1.165) is 35.9 Å². The van der Waals surface area contributed by atoms with Crippen LogP contribution in [-0.4, -0.2) is 25.6 Å². The van der Waals surface area contributed by atoms with Crippen molar-refractivity contribution in [3.63, 3.8) is 0 Å². The van der Waals surface area contributed by atoms with Crippen LogP contribution >= 0.6 is 11.3 Å². The maximum absolute atomic E-state index is 12.5. The van der Waals surface area contributed by atoms with Gasteiger partial charge in [-0.2, -0.15) is 13.2 Å². The van der Waals surface area contributed by atoms with E-state index in [-0.39, 0.29) is 4.88 Å². The highest BCUT2D eigenvalue weighted by Crippen LogP contribution is 2.32. The summed E-state index contributed by atoms with van der Waals surface area (Å²) in [5.74, 6) is -0.835. The Hall–Kier alpha value is -1.94. The van der Waals surface area contributed by atoms with Crippen LogP contribution in [0, 0.1) is 0 Å². The Morgan fingerprint density at radius 3 is 2.32 bits per heavy atom. The zero-order valence-corrected chi connectivity index (χ0v) is 12.6. The molecule has 0 bridgehead atoms. The van der Waals surface area contributed by atoms with Gasteiger partial charge in [0.15, 0.2) is 0 Å². The smallest absolute Gasteiger partial charge is 0.267 e. The molecule has 0 radical (unpaired) electrons. The van der Waals surface area contributed by atoms with E-state index in [1.54, 1.807) is 4.72 Å². The Morgan fingerprint density at radius 1 is 1.23 bits per heavy atom. The Labute approximate surface area is 127 Å². The van der Waals surface area contributed by atoms with Gasteiger partial charge in [-0.15, -0.1) is 11.3 Å². The fourth-order valence-corrected chi connectivity index (χ4v) is 2.86. The van der Waals surface area contributed by atoms with Crippen molar-refractivity contribution in [2.24, 2.45) is 0 Å². The molecule has 0 aliphatic carbocycles. The minimum Gasteiger partial charge on any atom is -0.267 e. The van der Waals surface area contributed by atoms with Crippen LogP contribution in [0.1, 0.15) is 15.2 Å². The van der Waals surface area contributed by atoms with Crippen LogP contribution in [0.4, 0.5) is 13.2 Å². The van der Waals surface area contributed by atoms with E-state index >= 15 is 0 Å². The molecule has 1 aromatic carbocycles. The van der Waals surface area contributed by atoms with Crippen LogP contribution in [0.2, 0.25) is 0 Å². The summed E-state index contributed by atoms with van der Waals surface area (Å²) < 4.78 is 61.1. The Balaban J connectivity index is 2.23. The van der Waals surface area contributed by atoms with E-state index in [4.69, 9.17) is 0 Å². The lowest BCUT2D eigenvalue weighted by Crippen LogP contribution is -2.28. The molecule has 2 rings (SSSR count). The number of carbonyl (C=O) groups excluding carboxylic acids is 1. The molecule has 10 heteroatoms. The van der Waals surface area contributed by atoms with Crippen LogP contribution in [-0.2, 0) is 16.2 Å². The summed E-state index contributed by atoms with van der Waals surface area (Å²) in [5.41, 5.74) is -0.390. The fraction of sp³-hybridized carbons (Fsp3) is 0.167. The minimum absolute atomic E-state index is 0.0420. The van der Waals surface area contributed by atoms with Gasteiger partial charge in [0.2, 0.25) is 10.0 Å². The Morgan fingerprint density at radius 2 is 1.82 bits per heavy atom. The SMILES string of the molecule is CS(=O)(=O)NC(=O)c1cnc(-c2ccc(C(F)(F)F)cc2)s1. The van der Waals surface area contributed by atoms with E-state index in [9.17, 15) is 26.4 Å². The van der Waals surface area contributed by atoms with Gasteiger partial charge in [0.1, 0.15) is 9.88 Å². The summed E-state index contributed by atoms with van der Waals surface area (Å²) in [6.07, 6.45) is -2.43. The Kier molecular flexibility index (Phi) is 4.25. The normalized spacial score (nSPS) is 12.2. The summed E-state index contributed by atoms with van der Waals surface area (Å²) in [4.78, 5) is 15.6. The number of aromatic nitrogens is 1. The highest BCUT2D eigenvalue weighted by Gasteiger charge is 2.30. The van der Waals surface area contributed by atoms with Crippen molar-refractivity contribution in [2.75, 3.05) is 6.26 Å². The average molecular weight is 350 g/mol. The fourth-order valence-electron chi connectivity index (χ4n) is 1.53. The summed E-state index contributed by atoms with van der Waals surface area (Å²) in [5, 5.41) is 0.312. The molecule has 0 aliphatic heterocycles. The molecule has 2 aromatic rings. The molecule has 5 nitrogen and oxygen atoms in total. The molecule has 1 aromatic heterocycles. The molecule has 22 heavy (non-hydrogen) atoms. The first-order valence-corrected chi connectivity index (χ1v) is 8.42.